The van der Waals surface area contributed by atoms with Crippen LogP contribution in [-0.4, -0.2) is 19.7 Å². The van der Waals surface area contributed by atoms with E-state index in [2.05, 4.69) is 30.4 Å². The van der Waals surface area contributed by atoms with E-state index < -0.39 is 0 Å². The van der Waals surface area contributed by atoms with Gasteiger partial charge in [0, 0.05) is 6.42 Å². The van der Waals surface area contributed by atoms with Crippen LogP contribution >= 0.6 is 0 Å². The highest BCUT2D eigenvalue weighted by Crippen LogP contribution is 2.42. The van der Waals surface area contributed by atoms with Crippen LogP contribution in [0.3, 0.4) is 0 Å². The van der Waals surface area contributed by atoms with Gasteiger partial charge in [-0.1, -0.05) is 44.4 Å². The average molecular weight is 273 g/mol. The van der Waals surface area contributed by atoms with Crippen molar-refractivity contribution in [2.24, 2.45) is 5.92 Å². The molecule has 0 radical (unpaired) electrons. The van der Waals surface area contributed by atoms with Crippen molar-refractivity contribution in [3.05, 3.63) is 29.3 Å². The maximum absolute atomic E-state index is 5.96. The molecule has 1 aromatic carbocycles. The summed E-state index contributed by atoms with van der Waals surface area (Å²) in [6, 6.07) is 6.79. The molecule has 1 aliphatic carbocycles. The fourth-order valence-electron chi connectivity index (χ4n) is 3.90. The molecule has 0 amide bonds. The largest absolute Gasteiger partial charge is 0.493 e. The highest BCUT2D eigenvalue weighted by Gasteiger charge is 2.29. The maximum Gasteiger partial charge on any atom is 0.126 e. The molecule has 1 heterocycles. The smallest absolute Gasteiger partial charge is 0.126 e. The monoisotopic (exact) mass is 273 g/mol. The van der Waals surface area contributed by atoms with E-state index >= 15 is 0 Å². The third-order valence-corrected chi connectivity index (χ3v) is 4.96. The summed E-state index contributed by atoms with van der Waals surface area (Å²) < 4.78 is 5.96. The van der Waals surface area contributed by atoms with Crippen molar-refractivity contribution in [2.75, 3.05) is 19.7 Å². The van der Waals surface area contributed by atoms with E-state index in [1.54, 1.807) is 0 Å². The van der Waals surface area contributed by atoms with Gasteiger partial charge in [-0.25, -0.2) is 0 Å². The van der Waals surface area contributed by atoms with Gasteiger partial charge in [0.15, 0.2) is 0 Å². The number of hydrogen-bond donors (Lipinski definition) is 1. The summed E-state index contributed by atoms with van der Waals surface area (Å²) >= 11 is 0. The van der Waals surface area contributed by atoms with Crippen LogP contribution in [0.1, 0.15) is 56.1 Å². The molecule has 1 aliphatic heterocycles. The van der Waals surface area contributed by atoms with Gasteiger partial charge in [0.25, 0.3) is 0 Å². The number of rotatable bonds is 4. The highest BCUT2D eigenvalue weighted by molar-refractivity contribution is 5.46. The Kier molecular flexibility index (Phi) is 4.62. The van der Waals surface area contributed by atoms with Crippen LogP contribution < -0.4 is 10.1 Å². The second-order valence-corrected chi connectivity index (χ2v) is 6.25. The summed E-state index contributed by atoms with van der Waals surface area (Å²) in [6.07, 6.45) is 7.94. The Balaban J connectivity index is 1.86. The Bertz CT molecular complexity index is 443. The molecule has 2 nitrogen and oxygen atoms in total. The average Bonchev–Trinajstić information content (AvgIpc) is 2.84. The van der Waals surface area contributed by atoms with Gasteiger partial charge in [0.2, 0.25) is 0 Å². The highest BCUT2D eigenvalue weighted by atomic mass is 16.5. The normalized spacial score (nSPS) is 25.9. The summed E-state index contributed by atoms with van der Waals surface area (Å²) in [7, 11) is 0. The van der Waals surface area contributed by atoms with Gasteiger partial charge in [-0.05, 0) is 48.9 Å². The number of fused-ring (bicyclic) bond motifs is 1. The van der Waals surface area contributed by atoms with Crippen molar-refractivity contribution in [2.45, 2.75) is 51.4 Å². The van der Waals surface area contributed by atoms with Crippen LogP contribution in [0.5, 0.6) is 5.75 Å². The fraction of sp³-hybridized carbons (Fsp3) is 0.667. The predicted octanol–water partition coefficient (Wildman–Crippen LogP) is 3.89. The Morgan fingerprint density at radius 1 is 1.20 bits per heavy atom. The van der Waals surface area contributed by atoms with Crippen LogP contribution in [0.15, 0.2) is 18.2 Å². The van der Waals surface area contributed by atoms with Crippen molar-refractivity contribution in [1.29, 1.82) is 0 Å². The zero-order valence-corrected chi connectivity index (χ0v) is 12.7. The minimum Gasteiger partial charge on any atom is -0.493 e. The molecule has 2 atom stereocenters. The Hall–Kier alpha value is -1.02. The van der Waals surface area contributed by atoms with Gasteiger partial charge < -0.3 is 10.1 Å². The van der Waals surface area contributed by atoms with E-state index in [9.17, 15) is 0 Å². The lowest BCUT2D eigenvalue weighted by Gasteiger charge is -2.27. The van der Waals surface area contributed by atoms with Crippen LogP contribution in [0.4, 0.5) is 0 Å². The summed E-state index contributed by atoms with van der Waals surface area (Å²) in [4.78, 5) is 0. The summed E-state index contributed by atoms with van der Waals surface area (Å²) in [5.74, 6) is 2.68. The molecule has 2 heteroatoms. The Labute approximate surface area is 122 Å². The van der Waals surface area contributed by atoms with Crippen LogP contribution in [0, 0.1) is 5.92 Å². The molecule has 1 saturated carbocycles. The van der Waals surface area contributed by atoms with Crippen LogP contribution in [-0.2, 0) is 6.42 Å². The molecule has 2 aliphatic rings. The van der Waals surface area contributed by atoms with Gasteiger partial charge in [0.1, 0.15) is 5.75 Å². The van der Waals surface area contributed by atoms with Crippen LogP contribution in [0.25, 0.3) is 0 Å². The third kappa shape index (κ3) is 2.85. The standard InChI is InChI=1S/C18H27NO/c1-2-19-13-15-7-4-3-5-9-16(15)17-10-6-8-14-11-12-20-18(14)17/h6,8,10,15-16,19H,2-5,7,9,11-13H2,1H3. The lowest BCUT2D eigenvalue weighted by molar-refractivity contribution is 0.333. The first-order valence-electron chi connectivity index (χ1n) is 8.35. The van der Waals surface area contributed by atoms with Gasteiger partial charge in [-0.2, -0.15) is 0 Å². The third-order valence-electron chi connectivity index (χ3n) is 4.96. The van der Waals surface area contributed by atoms with Gasteiger partial charge in [-0.15, -0.1) is 0 Å². The minimum absolute atomic E-state index is 0.685. The quantitative estimate of drug-likeness (QED) is 0.840. The second-order valence-electron chi connectivity index (χ2n) is 6.25. The summed E-state index contributed by atoms with van der Waals surface area (Å²) in [6.45, 7) is 5.31. The molecule has 3 rings (SSSR count). The van der Waals surface area contributed by atoms with Crippen molar-refractivity contribution in [3.63, 3.8) is 0 Å². The number of hydrogen-bond acceptors (Lipinski definition) is 2. The fourth-order valence-corrected chi connectivity index (χ4v) is 3.90. The first-order valence-corrected chi connectivity index (χ1v) is 8.35. The molecule has 0 aromatic heterocycles. The number of para-hydroxylation sites is 1. The summed E-state index contributed by atoms with van der Waals surface area (Å²) in [5.41, 5.74) is 2.92. The minimum atomic E-state index is 0.685. The Morgan fingerprint density at radius 2 is 2.10 bits per heavy atom. The predicted molar refractivity (Wildman–Crippen MR) is 83.5 cm³/mol. The molecule has 0 bridgehead atoms. The lowest BCUT2D eigenvalue weighted by atomic mass is 9.81. The molecule has 1 aromatic rings. The van der Waals surface area contributed by atoms with E-state index in [1.807, 2.05) is 0 Å². The molecular formula is C18H27NO. The van der Waals surface area contributed by atoms with Crippen molar-refractivity contribution >= 4 is 0 Å². The van der Waals surface area contributed by atoms with Gasteiger partial charge in [-0.3, -0.25) is 0 Å². The zero-order chi connectivity index (χ0) is 13.8. The SMILES string of the molecule is CCNCC1CCCCCC1c1cccc2c1OCC2. The van der Waals surface area contributed by atoms with E-state index in [-0.39, 0.29) is 0 Å². The zero-order valence-electron chi connectivity index (χ0n) is 12.7. The lowest BCUT2D eigenvalue weighted by Crippen LogP contribution is -2.27. The molecule has 0 spiro atoms. The van der Waals surface area contributed by atoms with Crippen molar-refractivity contribution in [1.82, 2.24) is 5.32 Å². The first kappa shape index (κ1) is 13.9. The topological polar surface area (TPSA) is 21.3 Å². The van der Waals surface area contributed by atoms with E-state index in [1.165, 1.54) is 49.0 Å². The maximum atomic E-state index is 5.96. The molecular weight excluding hydrogens is 246 g/mol. The second kappa shape index (κ2) is 6.62. The summed E-state index contributed by atoms with van der Waals surface area (Å²) in [5, 5.41) is 3.57. The molecule has 0 saturated heterocycles. The molecule has 110 valence electrons. The van der Waals surface area contributed by atoms with Gasteiger partial charge >= 0.3 is 0 Å². The van der Waals surface area contributed by atoms with Crippen molar-refractivity contribution in [3.8, 4) is 5.75 Å². The van der Waals surface area contributed by atoms with E-state index in [4.69, 9.17) is 4.74 Å². The number of benzene rings is 1. The van der Waals surface area contributed by atoms with Gasteiger partial charge in [0.05, 0.1) is 6.61 Å². The number of ether oxygens (including phenoxy) is 1. The molecule has 1 fully saturated rings. The molecule has 1 N–H and O–H groups in total. The first-order chi connectivity index (χ1) is 9.90. The number of nitrogens with one attached hydrogen (secondary N) is 1. The van der Waals surface area contributed by atoms with E-state index in [0.717, 1.165) is 32.0 Å². The van der Waals surface area contributed by atoms with E-state index in [0.29, 0.717) is 5.92 Å². The van der Waals surface area contributed by atoms with Crippen molar-refractivity contribution < 1.29 is 4.74 Å². The molecule has 2 unspecified atom stereocenters. The molecule has 20 heavy (non-hydrogen) atoms. The van der Waals surface area contributed by atoms with Crippen LogP contribution in [0.2, 0.25) is 0 Å². The Morgan fingerprint density at radius 3 is 3.00 bits per heavy atom.